The third-order valence-corrected chi connectivity index (χ3v) is 5.49. The highest BCUT2D eigenvalue weighted by atomic mass is 35.5. The van der Waals surface area contributed by atoms with E-state index in [1.54, 1.807) is 13.0 Å². The Morgan fingerprint density at radius 1 is 0.935 bits per heavy atom. The van der Waals surface area contributed by atoms with Crippen molar-refractivity contribution in [1.82, 2.24) is 20.5 Å². The van der Waals surface area contributed by atoms with Gasteiger partial charge in [-0.05, 0) is 50.9 Å². The number of aromatic nitrogens is 3. The van der Waals surface area contributed by atoms with E-state index in [1.807, 2.05) is 0 Å². The molecule has 0 saturated carbocycles. The van der Waals surface area contributed by atoms with Gasteiger partial charge in [0.25, 0.3) is 0 Å². The molecule has 0 radical (unpaired) electrons. The number of piperidine rings is 1. The molecule has 164 valence electrons. The topological polar surface area (TPSA) is 50.7 Å². The summed E-state index contributed by atoms with van der Waals surface area (Å²) < 4.78 is 41.7. The van der Waals surface area contributed by atoms with Gasteiger partial charge in [0.15, 0.2) is 5.15 Å². The smallest absolute Gasteiger partial charge is 0.160 e. The number of halogens is 5. The van der Waals surface area contributed by atoms with E-state index in [2.05, 4.69) is 27.4 Å². The first kappa shape index (κ1) is 23.4. The van der Waals surface area contributed by atoms with Gasteiger partial charge in [0.05, 0.1) is 11.3 Å². The molecule has 0 unspecified atom stereocenters. The molecule has 1 saturated heterocycles. The van der Waals surface area contributed by atoms with Crippen LogP contribution >= 0.6 is 23.2 Å². The second kappa shape index (κ2) is 10.4. The molecule has 2 aromatic heterocycles. The number of pyridine rings is 1. The summed E-state index contributed by atoms with van der Waals surface area (Å²) >= 11 is 11.8. The highest BCUT2D eigenvalue weighted by Crippen LogP contribution is 2.40. The molecule has 1 N–H and O–H groups in total. The Labute approximate surface area is 188 Å². The van der Waals surface area contributed by atoms with Crippen LogP contribution in [0.5, 0.6) is 0 Å². The fourth-order valence-electron chi connectivity index (χ4n) is 3.36. The maximum absolute atomic E-state index is 14.2. The Kier molecular flexibility index (Phi) is 7.86. The van der Waals surface area contributed by atoms with Gasteiger partial charge >= 0.3 is 0 Å². The van der Waals surface area contributed by atoms with E-state index in [1.165, 1.54) is 38.2 Å². The molecule has 9 heteroatoms. The predicted octanol–water partition coefficient (Wildman–Crippen LogP) is 6.24. The van der Waals surface area contributed by atoms with Gasteiger partial charge < -0.3 is 5.32 Å². The summed E-state index contributed by atoms with van der Waals surface area (Å²) in [6.07, 6.45) is 4.17. The standard InChI is InChI=1S/C16H8Cl2F3N3.C6H13N/c1-7-13(8-2-3-12(17)22-6-8)15(16(18)24-23-7)14-10(20)4-9(19)5-11(14)21;1-6-2-4-7-5-3-6/h2-6H,1H3;6-7H,2-5H2,1H3. The van der Waals surface area contributed by atoms with Crippen LogP contribution < -0.4 is 5.32 Å². The monoisotopic (exact) mass is 468 g/mol. The molecular weight excluding hydrogens is 448 g/mol. The van der Waals surface area contributed by atoms with E-state index in [-0.39, 0.29) is 15.9 Å². The van der Waals surface area contributed by atoms with Crippen molar-refractivity contribution in [1.29, 1.82) is 0 Å². The molecule has 0 atom stereocenters. The SMILES string of the molecule is CC1CCNCC1.Cc1nnc(Cl)c(-c2c(F)cc(F)cc2F)c1-c1ccc(Cl)nc1. The summed E-state index contributed by atoms with van der Waals surface area (Å²) in [6.45, 7) is 6.40. The number of hydrogen-bond acceptors (Lipinski definition) is 4. The van der Waals surface area contributed by atoms with Crippen LogP contribution in [0.1, 0.15) is 25.5 Å². The van der Waals surface area contributed by atoms with Crippen LogP contribution in [0.2, 0.25) is 10.3 Å². The molecule has 0 bridgehead atoms. The average molecular weight is 469 g/mol. The Bertz CT molecular complexity index is 1030. The summed E-state index contributed by atoms with van der Waals surface area (Å²) in [5.41, 5.74) is 0.699. The lowest BCUT2D eigenvalue weighted by molar-refractivity contribution is 0.402. The van der Waals surface area contributed by atoms with Crippen molar-refractivity contribution in [3.63, 3.8) is 0 Å². The number of rotatable bonds is 2. The minimum absolute atomic E-state index is 0.0247. The zero-order chi connectivity index (χ0) is 22.5. The van der Waals surface area contributed by atoms with Crippen molar-refractivity contribution in [2.45, 2.75) is 26.7 Å². The number of aryl methyl sites for hydroxylation is 1. The molecule has 4 rings (SSSR count). The Morgan fingerprint density at radius 3 is 2.10 bits per heavy atom. The van der Waals surface area contributed by atoms with Crippen LogP contribution in [0, 0.1) is 30.3 Å². The molecule has 3 heterocycles. The van der Waals surface area contributed by atoms with Crippen molar-refractivity contribution in [2.75, 3.05) is 13.1 Å². The average Bonchev–Trinajstić information content (AvgIpc) is 2.72. The molecule has 0 amide bonds. The lowest BCUT2D eigenvalue weighted by atomic mass is 9.95. The number of nitrogens with one attached hydrogen (secondary N) is 1. The lowest BCUT2D eigenvalue weighted by Gasteiger charge is -2.17. The molecule has 4 nitrogen and oxygen atoms in total. The molecule has 1 aromatic carbocycles. The zero-order valence-electron chi connectivity index (χ0n) is 17.0. The highest BCUT2D eigenvalue weighted by Gasteiger charge is 2.23. The van der Waals surface area contributed by atoms with Crippen molar-refractivity contribution in [2.24, 2.45) is 5.92 Å². The van der Waals surface area contributed by atoms with E-state index in [0.717, 1.165) is 5.92 Å². The van der Waals surface area contributed by atoms with E-state index in [9.17, 15) is 13.2 Å². The fourth-order valence-corrected chi connectivity index (χ4v) is 3.69. The van der Waals surface area contributed by atoms with Gasteiger partial charge in [-0.15, -0.1) is 5.10 Å². The predicted molar refractivity (Wildman–Crippen MR) is 117 cm³/mol. The minimum atomic E-state index is -1.09. The highest BCUT2D eigenvalue weighted by molar-refractivity contribution is 6.33. The first-order valence-electron chi connectivity index (χ1n) is 9.78. The second-order valence-electron chi connectivity index (χ2n) is 7.37. The number of benzene rings is 1. The van der Waals surface area contributed by atoms with E-state index < -0.39 is 23.0 Å². The minimum Gasteiger partial charge on any atom is -0.317 e. The first-order valence-corrected chi connectivity index (χ1v) is 10.5. The van der Waals surface area contributed by atoms with Crippen molar-refractivity contribution < 1.29 is 13.2 Å². The normalized spacial score (nSPS) is 14.2. The maximum atomic E-state index is 14.2. The van der Waals surface area contributed by atoms with Gasteiger partial charge in [0, 0.05) is 35.0 Å². The zero-order valence-corrected chi connectivity index (χ0v) is 18.5. The molecule has 1 fully saturated rings. The van der Waals surface area contributed by atoms with Crippen LogP contribution in [0.4, 0.5) is 13.2 Å². The third-order valence-electron chi connectivity index (χ3n) is 5.01. The molecule has 31 heavy (non-hydrogen) atoms. The Morgan fingerprint density at radius 2 is 1.58 bits per heavy atom. The van der Waals surface area contributed by atoms with Crippen LogP contribution in [0.25, 0.3) is 22.3 Å². The largest absolute Gasteiger partial charge is 0.317 e. The molecule has 0 spiro atoms. The fraction of sp³-hybridized carbons (Fsp3) is 0.318. The summed E-state index contributed by atoms with van der Waals surface area (Å²) in [7, 11) is 0. The van der Waals surface area contributed by atoms with Crippen molar-refractivity contribution in [3.8, 4) is 22.3 Å². The third kappa shape index (κ3) is 5.73. The van der Waals surface area contributed by atoms with Gasteiger partial charge in [0.1, 0.15) is 22.6 Å². The van der Waals surface area contributed by atoms with E-state index >= 15 is 0 Å². The van der Waals surface area contributed by atoms with Crippen molar-refractivity contribution >= 4 is 23.2 Å². The molecule has 0 aliphatic carbocycles. The number of nitrogens with zero attached hydrogens (tertiary/aromatic N) is 3. The maximum Gasteiger partial charge on any atom is 0.160 e. The quantitative estimate of drug-likeness (QED) is 0.452. The molecule has 1 aliphatic heterocycles. The van der Waals surface area contributed by atoms with Gasteiger partial charge in [-0.2, -0.15) is 5.10 Å². The Hall–Kier alpha value is -2.22. The Balaban J connectivity index is 0.000000330. The summed E-state index contributed by atoms with van der Waals surface area (Å²) in [5.74, 6) is -2.24. The molecule has 3 aromatic rings. The lowest BCUT2D eigenvalue weighted by Crippen LogP contribution is -2.26. The molecular formula is C22H21Cl2F3N4. The summed E-state index contributed by atoms with van der Waals surface area (Å²) in [5, 5.41) is 10.9. The number of hydrogen-bond donors (Lipinski definition) is 1. The van der Waals surface area contributed by atoms with Crippen LogP contribution in [0.3, 0.4) is 0 Å². The van der Waals surface area contributed by atoms with Crippen molar-refractivity contribution in [3.05, 3.63) is 63.9 Å². The van der Waals surface area contributed by atoms with Gasteiger partial charge in [0.2, 0.25) is 0 Å². The summed E-state index contributed by atoms with van der Waals surface area (Å²) in [6, 6.07) is 4.28. The second-order valence-corrected chi connectivity index (χ2v) is 8.12. The van der Waals surface area contributed by atoms with Crippen LogP contribution in [0.15, 0.2) is 30.5 Å². The first-order chi connectivity index (χ1) is 14.8. The van der Waals surface area contributed by atoms with Gasteiger partial charge in [-0.25, -0.2) is 18.2 Å². The van der Waals surface area contributed by atoms with Crippen LogP contribution in [-0.4, -0.2) is 28.3 Å². The molecule has 1 aliphatic rings. The van der Waals surface area contributed by atoms with Gasteiger partial charge in [-0.3, -0.25) is 0 Å². The summed E-state index contributed by atoms with van der Waals surface area (Å²) in [4.78, 5) is 3.95. The van der Waals surface area contributed by atoms with E-state index in [0.29, 0.717) is 29.0 Å². The van der Waals surface area contributed by atoms with Crippen LogP contribution in [-0.2, 0) is 0 Å². The van der Waals surface area contributed by atoms with Gasteiger partial charge in [-0.1, -0.05) is 30.1 Å². The van der Waals surface area contributed by atoms with E-state index in [4.69, 9.17) is 23.2 Å².